The van der Waals surface area contributed by atoms with Crippen LogP contribution in [0.25, 0.3) is 10.8 Å². The van der Waals surface area contributed by atoms with Crippen LogP contribution >= 0.6 is 0 Å². The van der Waals surface area contributed by atoms with Gasteiger partial charge in [0.25, 0.3) is 0 Å². The predicted octanol–water partition coefficient (Wildman–Crippen LogP) is 5.89. The number of carboxylic acids is 1. The van der Waals surface area contributed by atoms with Crippen molar-refractivity contribution >= 4 is 16.7 Å². The zero-order chi connectivity index (χ0) is 23.4. The van der Waals surface area contributed by atoms with Crippen LogP contribution in [0, 0.1) is 11.8 Å². The second-order valence-electron chi connectivity index (χ2n) is 10.9. The van der Waals surface area contributed by atoms with E-state index < -0.39 is 5.97 Å². The number of carbonyl (C=O) groups is 1. The van der Waals surface area contributed by atoms with Crippen molar-refractivity contribution in [2.45, 2.75) is 77.5 Å². The minimum absolute atomic E-state index is 0.0600. The molecule has 0 unspecified atom stereocenters. The zero-order valence-corrected chi connectivity index (χ0v) is 20.4. The summed E-state index contributed by atoms with van der Waals surface area (Å²) in [5, 5.41) is 11.6. The van der Waals surface area contributed by atoms with Crippen molar-refractivity contribution in [3.63, 3.8) is 0 Å². The maximum absolute atomic E-state index is 11.2. The van der Waals surface area contributed by atoms with Crippen molar-refractivity contribution in [1.29, 1.82) is 0 Å². The monoisotopic (exact) mass is 453 g/mol. The maximum Gasteiger partial charge on any atom is 0.306 e. The molecule has 5 heteroatoms. The van der Waals surface area contributed by atoms with Gasteiger partial charge in [0, 0.05) is 6.54 Å². The summed E-state index contributed by atoms with van der Waals surface area (Å²) in [6.45, 7) is 9.80. The Labute approximate surface area is 198 Å². The number of carboxylic acid groups (broad SMARTS) is 1. The number of hydrogen-bond donors (Lipinski definition) is 1. The molecule has 2 fully saturated rings. The summed E-state index contributed by atoms with van der Waals surface area (Å²) in [5.74, 6) is 0.776. The lowest BCUT2D eigenvalue weighted by molar-refractivity contribution is -0.143. The van der Waals surface area contributed by atoms with Crippen molar-refractivity contribution in [2.24, 2.45) is 11.8 Å². The molecule has 0 spiro atoms. The molecule has 1 N–H and O–H groups in total. The maximum atomic E-state index is 11.2. The van der Waals surface area contributed by atoms with Crippen LogP contribution in [-0.2, 0) is 16.1 Å². The lowest BCUT2D eigenvalue weighted by Crippen LogP contribution is -2.35. The number of rotatable bonds is 7. The summed E-state index contributed by atoms with van der Waals surface area (Å²) in [6, 6.07) is 13.0. The van der Waals surface area contributed by atoms with Gasteiger partial charge in [-0.25, -0.2) is 0 Å². The van der Waals surface area contributed by atoms with Gasteiger partial charge in [-0.2, -0.15) is 0 Å². The van der Waals surface area contributed by atoms with E-state index in [9.17, 15) is 9.90 Å². The van der Waals surface area contributed by atoms with Gasteiger partial charge in [0.2, 0.25) is 0 Å². The van der Waals surface area contributed by atoms with Gasteiger partial charge in [0.15, 0.2) is 0 Å². The van der Waals surface area contributed by atoms with E-state index in [1.165, 1.54) is 29.2 Å². The quantitative estimate of drug-likeness (QED) is 0.566. The highest BCUT2D eigenvalue weighted by Crippen LogP contribution is 2.30. The minimum atomic E-state index is -0.652. The van der Waals surface area contributed by atoms with E-state index in [-0.39, 0.29) is 11.5 Å². The second-order valence-corrected chi connectivity index (χ2v) is 10.9. The molecule has 33 heavy (non-hydrogen) atoms. The van der Waals surface area contributed by atoms with E-state index in [4.69, 9.17) is 9.47 Å². The molecule has 4 rings (SSSR count). The van der Waals surface area contributed by atoms with Crippen LogP contribution in [0.2, 0.25) is 0 Å². The standard InChI is InChI=1S/C28H39NO4/c1-28(2,3)32-19-20-5-9-25(10-6-20)33-26-11-8-23-16-21(4-7-24(23)17-26)18-29-14-12-22(13-15-29)27(30)31/h4,7-8,11,16-17,20,22,25H,5-6,9-10,12-15,18-19H2,1-3H3,(H,30,31)/t20-,25+. The van der Waals surface area contributed by atoms with E-state index in [0.29, 0.717) is 12.0 Å². The third-order valence-electron chi connectivity index (χ3n) is 7.07. The zero-order valence-electron chi connectivity index (χ0n) is 20.4. The molecule has 1 aliphatic heterocycles. The molecular weight excluding hydrogens is 414 g/mol. The molecule has 5 nitrogen and oxygen atoms in total. The Bertz CT molecular complexity index is 935. The summed E-state index contributed by atoms with van der Waals surface area (Å²) in [7, 11) is 0. The van der Waals surface area contributed by atoms with Gasteiger partial charge in [0.1, 0.15) is 5.75 Å². The van der Waals surface area contributed by atoms with Crippen LogP contribution in [0.5, 0.6) is 5.75 Å². The normalized spacial score (nSPS) is 23.0. The van der Waals surface area contributed by atoms with Crippen LogP contribution < -0.4 is 4.74 Å². The highest BCUT2D eigenvalue weighted by atomic mass is 16.5. The van der Waals surface area contributed by atoms with E-state index in [2.05, 4.69) is 62.1 Å². The number of fused-ring (bicyclic) bond motifs is 1. The van der Waals surface area contributed by atoms with Gasteiger partial charge in [-0.15, -0.1) is 0 Å². The fourth-order valence-corrected chi connectivity index (χ4v) is 5.02. The molecule has 2 aromatic carbocycles. The first-order valence-electron chi connectivity index (χ1n) is 12.5. The largest absolute Gasteiger partial charge is 0.490 e. The van der Waals surface area contributed by atoms with Crippen LogP contribution in [-0.4, -0.2) is 47.4 Å². The predicted molar refractivity (Wildman–Crippen MR) is 132 cm³/mol. The molecule has 0 amide bonds. The Morgan fingerprint density at radius 1 is 0.970 bits per heavy atom. The highest BCUT2D eigenvalue weighted by molar-refractivity contribution is 5.84. The van der Waals surface area contributed by atoms with Gasteiger partial charge < -0.3 is 14.6 Å². The third-order valence-corrected chi connectivity index (χ3v) is 7.07. The van der Waals surface area contributed by atoms with Crippen LogP contribution in [0.4, 0.5) is 0 Å². The van der Waals surface area contributed by atoms with Crippen LogP contribution in [0.1, 0.15) is 64.9 Å². The lowest BCUT2D eigenvalue weighted by atomic mass is 9.88. The highest BCUT2D eigenvalue weighted by Gasteiger charge is 2.25. The van der Waals surface area contributed by atoms with Gasteiger partial charge >= 0.3 is 5.97 Å². The van der Waals surface area contributed by atoms with Crippen LogP contribution in [0.3, 0.4) is 0 Å². The number of ether oxygens (including phenoxy) is 2. The molecule has 0 aromatic heterocycles. The summed E-state index contributed by atoms with van der Waals surface area (Å²) >= 11 is 0. The van der Waals surface area contributed by atoms with Crippen LogP contribution in [0.15, 0.2) is 36.4 Å². The number of hydrogen-bond acceptors (Lipinski definition) is 4. The van der Waals surface area contributed by atoms with Gasteiger partial charge in [-0.3, -0.25) is 9.69 Å². The van der Waals surface area contributed by atoms with Gasteiger partial charge in [-0.05, 0) is 113 Å². The summed E-state index contributed by atoms with van der Waals surface area (Å²) in [6.07, 6.45) is 6.30. The van der Waals surface area contributed by atoms with Crippen molar-refractivity contribution in [2.75, 3.05) is 19.7 Å². The number of benzene rings is 2. The molecule has 0 bridgehead atoms. The van der Waals surface area contributed by atoms with E-state index in [1.807, 2.05) is 0 Å². The molecule has 2 aliphatic rings. The van der Waals surface area contributed by atoms with Gasteiger partial charge in [-0.1, -0.05) is 18.2 Å². The summed E-state index contributed by atoms with van der Waals surface area (Å²) in [5.41, 5.74) is 1.22. The van der Waals surface area contributed by atoms with E-state index in [1.54, 1.807) is 0 Å². The third kappa shape index (κ3) is 6.94. The number of piperidine rings is 1. The second kappa shape index (κ2) is 10.4. The van der Waals surface area contributed by atoms with Gasteiger partial charge in [0.05, 0.1) is 24.2 Å². The van der Waals surface area contributed by atoms with E-state index in [0.717, 1.165) is 57.7 Å². The number of nitrogens with zero attached hydrogens (tertiary/aromatic N) is 1. The average molecular weight is 454 g/mol. The van der Waals surface area contributed by atoms with Crippen molar-refractivity contribution in [1.82, 2.24) is 4.90 Å². The Morgan fingerprint density at radius 2 is 1.64 bits per heavy atom. The first-order valence-corrected chi connectivity index (χ1v) is 12.5. The smallest absolute Gasteiger partial charge is 0.306 e. The first kappa shape index (κ1) is 24.0. The molecule has 1 saturated carbocycles. The Kier molecular flexibility index (Phi) is 7.60. The Morgan fingerprint density at radius 3 is 2.30 bits per heavy atom. The topological polar surface area (TPSA) is 59.0 Å². The van der Waals surface area contributed by atoms with E-state index >= 15 is 0 Å². The molecular formula is C28H39NO4. The number of likely N-dealkylation sites (tertiary alicyclic amines) is 1. The molecule has 0 radical (unpaired) electrons. The molecule has 2 aromatic rings. The molecule has 180 valence electrons. The Balaban J connectivity index is 1.28. The fourth-order valence-electron chi connectivity index (χ4n) is 5.02. The Hall–Kier alpha value is -2.11. The first-order chi connectivity index (χ1) is 15.7. The number of aliphatic carboxylic acids is 1. The molecule has 0 atom stereocenters. The summed E-state index contributed by atoms with van der Waals surface area (Å²) in [4.78, 5) is 13.5. The van der Waals surface area contributed by atoms with Crippen molar-refractivity contribution < 1.29 is 19.4 Å². The minimum Gasteiger partial charge on any atom is -0.490 e. The average Bonchev–Trinajstić information content (AvgIpc) is 2.78. The van der Waals surface area contributed by atoms with Crippen molar-refractivity contribution in [3.8, 4) is 5.75 Å². The lowest BCUT2D eigenvalue weighted by Gasteiger charge is -2.31. The van der Waals surface area contributed by atoms with Crippen molar-refractivity contribution in [3.05, 3.63) is 42.0 Å². The summed E-state index contributed by atoms with van der Waals surface area (Å²) < 4.78 is 12.3. The SMILES string of the molecule is CC(C)(C)OC[C@H]1CC[C@@H](Oc2ccc3cc(CN4CCC(C(=O)O)CC4)ccc3c2)CC1. The molecule has 1 saturated heterocycles. The molecule has 1 aliphatic carbocycles. The molecule has 1 heterocycles. The fraction of sp³-hybridized carbons (Fsp3) is 0.607.